The molecule has 1 amide bonds. The largest absolute Gasteiger partial charge is 0.320 e. The summed E-state index contributed by atoms with van der Waals surface area (Å²) < 4.78 is 0.980. The summed E-state index contributed by atoms with van der Waals surface area (Å²) in [5, 5.41) is 10.5. The van der Waals surface area contributed by atoms with Crippen molar-refractivity contribution in [3.63, 3.8) is 0 Å². The average molecular weight is 306 g/mol. The summed E-state index contributed by atoms with van der Waals surface area (Å²) in [5.41, 5.74) is 2.85. The van der Waals surface area contributed by atoms with Gasteiger partial charge in [-0.05, 0) is 49.7 Å². The quantitative estimate of drug-likeness (QED) is 0.927. The van der Waals surface area contributed by atoms with Crippen molar-refractivity contribution >= 4 is 27.5 Å². The molecule has 0 radical (unpaired) electrons. The van der Waals surface area contributed by atoms with Crippen molar-refractivity contribution in [2.24, 2.45) is 0 Å². The summed E-state index contributed by atoms with van der Waals surface area (Å²) in [6.45, 7) is 3.76. The van der Waals surface area contributed by atoms with Gasteiger partial charge in [0.2, 0.25) is 0 Å². The smallest absolute Gasteiger partial charge is 0.276 e. The van der Waals surface area contributed by atoms with Crippen molar-refractivity contribution in [1.82, 2.24) is 10.2 Å². The van der Waals surface area contributed by atoms with Crippen LogP contribution in [0.1, 0.15) is 21.7 Å². The van der Waals surface area contributed by atoms with E-state index in [4.69, 9.17) is 0 Å². The molecule has 2 rings (SSSR count). The Hall–Kier alpha value is -1.75. The zero-order valence-electron chi connectivity index (χ0n) is 10.1. The monoisotopic (exact) mass is 305 g/mol. The molecule has 0 unspecified atom stereocenters. The maximum atomic E-state index is 11.9. The van der Waals surface area contributed by atoms with Gasteiger partial charge in [0.1, 0.15) is 0 Å². The molecular weight excluding hydrogens is 294 g/mol. The lowest BCUT2D eigenvalue weighted by Gasteiger charge is -2.08. The Bertz CT molecular complexity index is 581. The van der Waals surface area contributed by atoms with E-state index in [0.717, 1.165) is 21.4 Å². The van der Waals surface area contributed by atoms with Crippen LogP contribution in [0.3, 0.4) is 0 Å². The Balaban J connectivity index is 2.18. The molecule has 18 heavy (non-hydrogen) atoms. The molecule has 0 saturated heterocycles. The van der Waals surface area contributed by atoms with Gasteiger partial charge >= 0.3 is 0 Å². The molecule has 0 atom stereocenters. The summed E-state index contributed by atoms with van der Waals surface area (Å²) in [6.07, 6.45) is 0. The van der Waals surface area contributed by atoms with Crippen LogP contribution in [0, 0.1) is 13.8 Å². The van der Waals surface area contributed by atoms with E-state index in [9.17, 15) is 4.79 Å². The van der Waals surface area contributed by atoms with Gasteiger partial charge in [-0.25, -0.2) is 0 Å². The Labute approximate surface area is 114 Å². The van der Waals surface area contributed by atoms with Crippen LogP contribution in [0.2, 0.25) is 0 Å². The van der Waals surface area contributed by atoms with Crippen LogP contribution in [-0.4, -0.2) is 16.1 Å². The molecule has 0 spiro atoms. The second kappa shape index (κ2) is 5.27. The molecule has 0 aliphatic heterocycles. The fourth-order valence-corrected chi connectivity index (χ4v) is 1.95. The number of aryl methyl sites for hydroxylation is 2. The number of benzene rings is 1. The number of rotatable bonds is 2. The number of carbonyl (C=O) groups excluding carboxylic acids is 1. The molecule has 0 aliphatic carbocycles. The Morgan fingerprint density at radius 1 is 1.17 bits per heavy atom. The SMILES string of the molecule is Cc1ccc(C(=O)Nc2ccc(Br)cc2C)nn1. The highest BCUT2D eigenvalue weighted by Gasteiger charge is 2.09. The third-order valence-electron chi connectivity index (χ3n) is 2.47. The number of aromatic nitrogens is 2. The second-order valence-electron chi connectivity index (χ2n) is 3.97. The Kier molecular flexibility index (Phi) is 3.72. The molecule has 1 N–H and O–H groups in total. The third kappa shape index (κ3) is 2.92. The number of nitrogens with zero attached hydrogens (tertiary/aromatic N) is 2. The van der Waals surface area contributed by atoms with Crippen LogP contribution >= 0.6 is 15.9 Å². The van der Waals surface area contributed by atoms with Gasteiger partial charge in [-0.3, -0.25) is 4.79 Å². The lowest BCUT2D eigenvalue weighted by molar-refractivity contribution is 0.102. The number of anilines is 1. The number of amides is 1. The van der Waals surface area contributed by atoms with Crippen molar-refractivity contribution in [1.29, 1.82) is 0 Å². The van der Waals surface area contributed by atoms with Crippen molar-refractivity contribution in [3.05, 3.63) is 51.8 Å². The molecule has 0 fully saturated rings. The predicted octanol–water partition coefficient (Wildman–Crippen LogP) is 3.11. The van der Waals surface area contributed by atoms with E-state index in [1.165, 1.54) is 0 Å². The van der Waals surface area contributed by atoms with E-state index < -0.39 is 0 Å². The lowest BCUT2D eigenvalue weighted by atomic mass is 10.2. The summed E-state index contributed by atoms with van der Waals surface area (Å²) in [4.78, 5) is 11.9. The molecule has 0 bridgehead atoms. The average Bonchev–Trinajstić information content (AvgIpc) is 2.33. The van der Waals surface area contributed by atoms with E-state index in [1.54, 1.807) is 12.1 Å². The highest BCUT2D eigenvalue weighted by atomic mass is 79.9. The number of nitrogens with one attached hydrogen (secondary N) is 1. The van der Waals surface area contributed by atoms with Gasteiger partial charge in [0.15, 0.2) is 5.69 Å². The van der Waals surface area contributed by atoms with Gasteiger partial charge in [-0.2, -0.15) is 5.10 Å². The molecule has 5 heteroatoms. The lowest BCUT2D eigenvalue weighted by Crippen LogP contribution is -2.15. The standard InChI is InChI=1S/C13H12BrN3O/c1-8-7-10(14)4-6-11(8)15-13(18)12-5-3-9(2)16-17-12/h3-7H,1-2H3,(H,15,18). The number of halogens is 1. The molecule has 1 aromatic carbocycles. The highest BCUT2D eigenvalue weighted by Crippen LogP contribution is 2.20. The topological polar surface area (TPSA) is 54.9 Å². The maximum Gasteiger partial charge on any atom is 0.276 e. The first-order valence-corrected chi connectivity index (χ1v) is 6.23. The maximum absolute atomic E-state index is 11.9. The van der Waals surface area contributed by atoms with Gasteiger partial charge in [-0.15, -0.1) is 5.10 Å². The minimum atomic E-state index is -0.257. The summed E-state index contributed by atoms with van der Waals surface area (Å²) in [6, 6.07) is 9.08. The molecule has 4 nitrogen and oxygen atoms in total. The zero-order valence-corrected chi connectivity index (χ0v) is 11.7. The summed E-state index contributed by atoms with van der Waals surface area (Å²) in [5.74, 6) is -0.257. The first-order chi connectivity index (χ1) is 8.56. The molecule has 0 saturated carbocycles. The molecule has 92 valence electrons. The Morgan fingerprint density at radius 2 is 1.94 bits per heavy atom. The van der Waals surface area contributed by atoms with Crippen molar-refractivity contribution in [2.45, 2.75) is 13.8 Å². The van der Waals surface area contributed by atoms with Crippen LogP contribution in [-0.2, 0) is 0 Å². The van der Waals surface area contributed by atoms with Crippen molar-refractivity contribution < 1.29 is 4.79 Å². The molecule has 1 aromatic heterocycles. The van der Waals surface area contributed by atoms with E-state index in [0.29, 0.717) is 5.69 Å². The van der Waals surface area contributed by atoms with E-state index in [2.05, 4.69) is 31.4 Å². The van der Waals surface area contributed by atoms with Crippen molar-refractivity contribution in [3.8, 4) is 0 Å². The number of hydrogen-bond donors (Lipinski definition) is 1. The van der Waals surface area contributed by atoms with Gasteiger partial charge in [-0.1, -0.05) is 15.9 Å². The minimum Gasteiger partial charge on any atom is -0.320 e. The normalized spacial score (nSPS) is 10.2. The summed E-state index contributed by atoms with van der Waals surface area (Å²) >= 11 is 3.38. The van der Waals surface area contributed by atoms with Crippen molar-refractivity contribution in [2.75, 3.05) is 5.32 Å². The van der Waals surface area contributed by atoms with Crippen LogP contribution in [0.4, 0.5) is 5.69 Å². The van der Waals surface area contributed by atoms with Crippen LogP contribution in [0.15, 0.2) is 34.8 Å². The number of carbonyl (C=O) groups is 1. The van der Waals surface area contributed by atoms with Gasteiger partial charge in [0, 0.05) is 10.2 Å². The van der Waals surface area contributed by atoms with Gasteiger partial charge < -0.3 is 5.32 Å². The first kappa shape index (κ1) is 12.7. The fourth-order valence-electron chi connectivity index (χ4n) is 1.47. The molecule has 0 aliphatic rings. The van der Waals surface area contributed by atoms with Gasteiger partial charge in [0.05, 0.1) is 5.69 Å². The van der Waals surface area contributed by atoms with Crippen LogP contribution in [0.5, 0.6) is 0 Å². The number of hydrogen-bond acceptors (Lipinski definition) is 3. The Morgan fingerprint density at radius 3 is 2.56 bits per heavy atom. The minimum absolute atomic E-state index is 0.257. The van der Waals surface area contributed by atoms with Crippen LogP contribution < -0.4 is 5.32 Å². The summed E-state index contributed by atoms with van der Waals surface area (Å²) in [7, 11) is 0. The van der Waals surface area contributed by atoms with E-state index >= 15 is 0 Å². The fraction of sp³-hybridized carbons (Fsp3) is 0.154. The van der Waals surface area contributed by atoms with Crippen LogP contribution in [0.25, 0.3) is 0 Å². The highest BCUT2D eigenvalue weighted by molar-refractivity contribution is 9.10. The molecule has 2 aromatic rings. The molecular formula is C13H12BrN3O. The predicted molar refractivity (Wildman–Crippen MR) is 73.6 cm³/mol. The first-order valence-electron chi connectivity index (χ1n) is 5.44. The zero-order chi connectivity index (χ0) is 13.1. The van der Waals surface area contributed by atoms with Gasteiger partial charge in [0.25, 0.3) is 5.91 Å². The second-order valence-corrected chi connectivity index (χ2v) is 4.89. The van der Waals surface area contributed by atoms with E-state index in [-0.39, 0.29) is 5.91 Å². The van der Waals surface area contributed by atoms with E-state index in [1.807, 2.05) is 32.0 Å². The molecule has 1 heterocycles. The third-order valence-corrected chi connectivity index (χ3v) is 2.96.